The minimum Gasteiger partial charge on any atom is -0.391 e. The molecule has 10 nitrogen and oxygen atoms in total. The molecule has 0 bridgehead atoms. The third kappa shape index (κ3) is 5.23. The number of halogens is 4. The molecule has 0 radical (unpaired) electrons. The minimum atomic E-state index is -4.91. The van der Waals surface area contributed by atoms with Gasteiger partial charge in [-0.15, -0.1) is 5.10 Å². The Morgan fingerprint density at radius 2 is 1.95 bits per heavy atom. The largest absolute Gasteiger partial charge is 0.423 e. The van der Waals surface area contributed by atoms with Crippen LogP contribution in [0.2, 0.25) is 0 Å². The van der Waals surface area contributed by atoms with Crippen LogP contribution < -0.4 is 16.4 Å². The highest BCUT2D eigenvalue weighted by molar-refractivity contribution is 5.86. The van der Waals surface area contributed by atoms with Gasteiger partial charge in [0.25, 0.3) is 11.1 Å². The maximum atomic E-state index is 15.0. The normalized spacial score (nSPS) is 13.6. The highest BCUT2D eigenvalue weighted by atomic mass is 19.4. The molecule has 0 amide bonds. The number of hydrogen-bond donors (Lipinski definition) is 3. The Hall–Kier alpha value is -4.59. The van der Waals surface area contributed by atoms with Crippen molar-refractivity contribution in [1.82, 2.24) is 29.4 Å². The number of nitrogens with one attached hydrogen (secondary N) is 2. The van der Waals surface area contributed by atoms with Gasteiger partial charge in [-0.05, 0) is 49.1 Å². The third-order valence-corrected chi connectivity index (χ3v) is 6.12. The summed E-state index contributed by atoms with van der Waals surface area (Å²) in [5.41, 5.74) is -3.25. The molecule has 39 heavy (non-hydrogen) atoms. The van der Waals surface area contributed by atoms with Crippen molar-refractivity contribution in [2.24, 2.45) is 0 Å². The quantitative estimate of drug-likeness (QED) is 0.269. The number of rotatable bonds is 7. The molecule has 0 fully saturated rings. The Kier molecular flexibility index (Phi) is 6.64. The van der Waals surface area contributed by atoms with Crippen LogP contribution in [0.15, 0.2) is 64.6 Å². The number of aromatic amines is 1. The van der Waals surface area contributed by atoms with Crippen LogP contribution >= 0.6 is 0 Å². The van der Waals surface area contributed by atoms with Crippen LogP contribution in [-0.2, 0) is 12.7 Å². The molecule has 0 unspecified atom stereocenters. The van der Waals surface area contributed by atoms with Gasteiger partial charge in [-0.25, -0.2) is 19.0 Å². The van der Waals surface area contributed by atoms with Gasteiger partial charge in [0.1, 0.15) is 11.4 Å². The number of nitrogens with zero attached hydrogens (tertiary/aromatic N) is 5. The standard InChI is InChI=1S/C25H21F4N7O3/c1-13(31-19-11-30-33-23(38)21(19)25(27,28)29)8-15(37)12-35-7-5-14-9-17(18(26)10-16(14)24(35)39)22-32-20-4-2-3-6-36(20)34-22/h2-7,9-11,13,15,37H,8,12H2,1H3,(H2,31,33,38)/t13-,15+/m0/s1. The second-order valence-corrected chi connectivity index (χ2v) is 9.05. The number of aromatic nitrogens is 6. The molecule has 3 N–H and O–H groups in total. The van der Waals surface area contributed by atoms with Gasteiger partial charge in [-0.1, -0.05) is 6.07 Å². The van der Waals surface area contributed by atoms with Gasteiger partial charge in [-0.3, -0.25) is 9.59 Å². The zero-order valence-electron chi connectivity index (χ0n) is 20.3. The van der Waals surface area contributed by atoms with E-state index in [1.807, 2.05) is 0 Å². The lowest BCUT2D eigenvalue weighted by Gasteiger charge is -2.21. The first kappa shape index (κ1) is 26.0. The van der Waals surface area contributed by atoms with Crippen molar-refractivity contribution in [3.63, 3.8) is 0 Å². The van der Waals surface area contributed by atoms with Gasteiger partial charge in [-0.2, -0.15) is 18.3 Å². The molecule has 202 valence electrons. The van der Waals surface area contributed by atoms with Crippen LogP contribution in [0.4, 0.5) is 23.2 Å². The van der Waals surface area contributed by atoms with E-state index in [0.29, 0.717) is 11.0 Å². The summed E-state index contributed by atoms with van der Waals surface area (Å²) in [6.07, 6.45) is -2.18. The van der Waals surface area contributed by atoms with E-state index >= 15 is 4.39 Å². The predicted molar refractivity (Wildman–Crippen MR) is 134 cm³/mol. The summed E-state index contributed by atoms with van der Waals surface area (Å²) in [5, 5.41) is 23.0. The van der Waals surface area contributed by atoms with Gasteiger partial charge >= 0.3 is 6.18 Å². The average molecular weight is 543 g/mol. The second kappa shape index (κ2) is 9.94. The molecule has 5 aromatic rings. The molecule has 0 aliphatic carbocycles. The Morgan fingerprint density at radius 3 is 2.69 bits per heavy atom. The summed E-state index contributed by atoms with van der Waals surface area (Å²) in [5.74, 6) is -0.537. The van der Waals surface area contributed by atoms with Crippen molar-refractivity contribution >= 4 is 22.1 Å². The molecule has 14 heteroatoms. The molecule has 1 aromatic carbocycles. The number of pyridine rings is 2. The van der Waals surface area contributed by atoms with E-state index in [1.165, 1.54) is 28.3 Å². The van der Waals surface area contributed by atoms with Gasteiger partial charge in [0.2, 0.25) is 0 Å². The van der Waals surface area contributed by atoms with E-state index in [-0.39, 0.29) is 29.7 Å². The molecule has 5 rings (SSSR count). The monoisotopic (exact) mass is 543 g/mol. The van der Waals surface area contributed by atoms with E-state index < -0.39 is 46.5 Å². The van der Waals surface area contributed by atoms with Crippen LogP contribution in [-0.4, -0.2) is 46.6 Å². The first-order chi connectivity index (χ1) is 18.5. The number of benzene rings is 1. The molecule has 0 saturated heterocycles. The van der Waals surface area contributed by atoms with Crippen LogP contribution in [0.25, 0.3) is 27.8 Å². The number of H-pyrrole nitrogens is 1. The second-order valence-electron chi connectivity index (χ2n) is 9.05. The number of alkyl halides is 3. The van der Waals surface area contributed by atoms with Crippen LogP contribution in [0.5, 0.6) is 0 Å². The topological polar surface area (TPSA) is 130 Å². The number of aliphatic hydroxyl groups is 1. The first-order valence-corrected chi connectivity index (χ1v) is 11.7. The molecule has 0 spiro atoms. The van der Waals surface area contributed by atoms with Crippen LogP contribution in [0, 0.1) is 5.82 Å². The number of aliphatic hydroxyl groups excluding tert-OH is 1. The van der Waals surface area contributed by atoms with Gasteiger partial charge in [0.05, 0.1) is 35.5 Å². The van der Waals surface area contributed by atoms with Crippen LogP contribution in [0.3, 0.4) is 0 Å². The predicted octanol–water partition coefficient (Wildman–Crippen LogP) is 3.20. The van der Waals surface area contributed by atoms with E-state index in [1.54, 1.807) is 35.6 Å². The first-order valence-electron chi connectivity index (χ1n) is 11.7. The van der Waals surface area contributed by atoms with E-state index in [9.17, 15) is 27.9 Å². The lowest BCUT2D eigenvalue weighted by atomic mass is 10.1. The Balaban J connectivity index is 1.34. The third-order valence-electron chi connectivity index (χ3n) is 6.12. The smallest absolute Gasteiger partial charge is 0.391 e. The molecular weight excluding hydrogens is 522 g/mol. The van der Waals surface area contributed by atoms with Gasteiger partial charge in [0.15, 0.2) is 11.5 Å². The molecule has 4 aromatic heterocycles. The average Bonchev–Trinajstić information content (AvgIpc) is 3.29. The Morgan fingerprint density at radius 1 is 1.15 bits per heavy atom. The molecular formula is C25H21F4N7O3. The van der Waals surface area contributed by atoms with Gasteiger partial charge in [0, 0.05) is 18.4 Å². The summed E-state index contributed by atoms with van der Waals surface area (Å²) in [6, 6.07) is 8.68. The summed E-state index contributed by atoms with van der Waals surface area (Å²) in [4.78, 5) is 29.0. The summed E-state index contributed by atoms with van der Waals surface area (Å²) >= 11 is 0. The van der Waals surface area contributed by atoms with E-state index in [2.05, 4.69) is 20.5 Å². The molecule has 0 aliphatic heterocycles. The van der Waals surface area contributed by atoms with Crippen molar-refractivity contribution in [2.45, 2.75) is 38.2 Å². The number of fused-ring (bicyclic) bond motifs is 2. The Labute approximate surface area is 216 Å². The Bertz CT molecular complexity index is 1760. The molecule has 0 aliphatic rings. The molecule has 2 atom stereocenters. The zero-order valence-corrected chi connectivity index (χ0v) is 20.3. The van der Waals surface area contributed by atoms with Crippen molar-refractivity contribution in [1.29, 1.82) is 0 Å². The van der Waals surface area contributed by atoms with Crippen molar-refractivity contribution in [3.05, 3.63) is 87.1 Å². The van der Waals surface area contributed by atoms with E-state index in [4.69, 9.17) is 0 Å². The highest BCUT2D eigenvalue weighted by Crippen LogP contribution is 2.32. The number of hydrogen-bond acceptors (Lipinski definition) is 7. The zero-order chi connectivity index (χ0) is 27.9. The highest BCUT2D eigenvalue weighted by Gasteiger charge is 2.37. The van der Waals surface area contributed by atoms with E-state index in [0.717, 1.165) is 12.3 Å². The maximum Gasteiger partial charge on any atom is 0.423 e. The fourth-order valence-electron chi connectivity index (χ4n) is 4.39. The van der Waals surface area contributed by atoms with Gasteiger partial charge < -0.3 is 15.0 Å². The van der Waals surface area contributed by atoms with Crippen molar-refractivity contribution < 1.29 is 22.7 Å². The van der Waals surface area contributed by atoms with Crippen molar-refractivity contribution in [2.75, 3.05) is 5.32 Å². The summed E-state index contributed by atoms with van der Waals surface area (Å²) < 4.78 is 57.5. The number of anilines is 1. The minimum absolute atomic E-state index is 0.0680. The fraction of sp³-hybridized carbons (Fsp3) is 0.240. The van der Waals surface area contributed by atoms with Crippen molar-refractivity contribution in [3.8, 4) is 11.4 Å². The lowest BCUT2D eigenvalue weighted by molar-refractivity contribution is -0.138. The SMILES string of the molecule is C[C@@H](C[C@@H](O)Cn1ccc2cc(-c3nc4ccccn4n3)c(F)cc2c1=O)Nc1cn[nH]c(=O)c1C(F)(F)F. The maximum absolute atomic E-state index is 15.0. The molecule has 0 saturated carbocycles. The lowest BCUT2D eigenvalue weighted by Crippen LogP contribution is -2.32. The van der Waals surface area contributed by atoms with Crippen LogP contribution in [0.1, 0.15) is 18.9 Å². The molecule has 4 heterocycles. The summed E-state index contributed by atoms with van der Waals surface area (Å²) in [6.45, 7) is 1.32. The summed E-state index contributed by atoms with van der Waals surface area (Å²) in [7, 11) is 0. The fourth-order valence-corrected chi connectivity index (χ4v) is 4.39.